The number of ether oxygens (including phenoxy) is 9. The fourth-order valence-electron chi connectivity index (χ4n) is 7.42. The van der Waals surface area contributed by atoms with Crippen molar-refractivity contribution < 1.29 is 123 Å². The zero-order valence-electron chi connectivity index (χ0n) is 33.5. The summed E-state index contributed by atoms with van der Waals surface area (Å²) in [6.45, 7) is 1.70. The van der Waals surface area contributed by atoms with E-state index < -0.39 is 179 Å². The fourth-order valence-corrected chi connectivity index (χ4v) is 7.42. The average molecular weight is 907 g/mol. The lowest BCUT2D eigenvalue weighted by Crippen LogP contribution is -2.71. The number of carbonyl (C=O) groups excluding carboxylic acids is 2. The Morgan fingerprint density at radius 3 is 1.89 bits per heavy atom. The van der Waals surface area contributed by atoms with Crippen LogP contribution >= 0.6 is 0 Å². The lowest BCUT2D eigenvalue weighted by molar-refractivity contribution is -0.387. The van der Waals surface area contributed by atoms with Crippen molar-refractivity contribution in [2.24, 2.45) is 0 Å². The van der Waals surface area contributed by atoms with Gasteiger partial charge < -0.3 is 120 Å². The first-order chi connectivity index (χ1) is 29.3. The van der Waals surface area contributed by atoms with E-state index >= 15 is 0 Å². The predicted molar refractivity (Wildman–Crippen MR) is 195 cm³/mol. The molecule has 27 nitrogen and oxygen atoms in total. The third kappa shape index (κ3) is 11.5. The molecular formula is C35H58N2O25. The van der Waals surface area contributed by atoms with E-state index in [2.05, 4.69) is 17.2 Å². The van der Waals surface area contributed by atoms with Gasteiger partial charge in [-0.15, -0.1) is 0 Å². The molecule has 0 aromatic carbocycles. The van der Waals surface area contributed by atoms with Gasteiger partial charge in [0.15, 0.2) is 18.9 Å². The molecule has 0 spiro atoms. The summed E-state index contributed by atoms with van der Waals surface area (Å²) in [6, 6.07) is -3.42. The summed E-state index contributed by atoms with van der Waals surface area (Å²) >= 11 is 0. The van der Waals surface area contributed by atoms with Gasteiger partial charge in [0.25, 0.3) is 5.79 Å². The summed E-state index contributed by atoms with van der Waals surface area (Å²) in [4.78, 5) is 37.7. The molecule has 0 radical (unpaired) electrons. The van der Waals surface area contributed by atoms with Gasteiger partial charge in [0.2, 0.25) is 5.91 Å². The van der Waals surface area contributed by atoms with E-state index in [4.69, 9.17) is 42.6 Å². The summed E-state index contributed by atoms with van der Waals surface area (Å²) in [5, 5.41) is 143. The second-order valence-corrected chi connectivity index (χ2v) is 14.8. The summed E-state index contributed by atoms with van der Waals surface area (Å²) in [5.41, 5.74) is 0. The molecule has 4 aliphatic rings. The van der Waals surface area contributed by atoms with Crippen LogP contribution in [-0.4, -0.2) is 252 Å². The number of hydrogen-bond acceptors (Lipinski definition) is 24. The van der Waals surface area contributed by atoms with Crippen LogP contribution in [0.4, 0.5) is 4.79 Å². The predicted octanol–water partition coefficient (Wildman–Crippen LogP) is -8.44. The summed E-state index contributed by atoms with van der Waals surface area (Å²) < 4.78 is 50.2. The Labute approximate surface area is 352 Å². The number of nitrogens with one attached hydrogen (secondary N) is 2. The topological polar surface area (TPSA) is 421 Å². The van der Waals surface area contributed by atoms with Gasteiger partial charge in [-0.05, 0) is 6.92 Å². The van der Waals surface area contributed by atoms with Gasteiger partial charge in [0, 0.05) is 20.0 Å². The maximum Gasteiger partial charge on any atom is 0.407 e. The van der Waals surface area contributed by atoms with E-state index in [1.54, 1.807) is 6.92 Å². The maximum absolute atomic E-state index is 12.9. The minimum atomic E-state index is -3.13. The molecule has 2 amide bonds. The van der Waals surface area contributed by atoms with Crippen molar-refractivity contribution in [3.8, 4) is 0 Å². The maximum atomic E-state index is 12.9. The summed E-state index contributed by atoms with van der Waals surface area (Å²) in [5.74, 6) is -5.96. The largest absolute Gasteiger partial charge is 0.477 e. The third-order valence-electron chi connectivity index (χ3n) is 10.5. The molecule has 4 rings (SSSR count). The van der Waals surface area contributed by atoms with Gasteiger partial charge in [0.1, 0.15) is 98.1 Å². The number of carboxylic acids is 1. The molecule has 4 aliphatic heterocycles. The molecule has 0 aliphatic carbocycles. The number of aliphatic hydroxyl groups is 12. The SMILES string of the molecule is C=CCOC(=O)N[C@H]1[C@H](O[C@H]2[C@@H](O)[C@@H](CO)O[C@@H](OCC)[C@@H]2O)O[C@H](CO)[C@@H](O[C@@H]2O[C@H](CO)[C@H](O)[C@H](O[C@]3(C(=O)O)C[C@H](O)[C@@H](NC(C)=O)[C@H]([C@H](O)[C@H](O)CO)O3)[C@H]2O)[C@@H]1O. The lowest BCUT2D eigenvalue weighted by Gasteiger charge is -2.51. The first-order valence-electron chi connectivity index (χ1n) is 19.5. The molecule has 4 fully saturated rings. The minimum absolute atomic E-state index is 0.00512. The smallest absolute Gasteiger partial charge is 0.407 e. The van der Waals surface area contributed by atoms with E-state index in [0.717, 1.165) is 6.92 Å². The Morgan fingerprint density at radius 1 is 0.774 bits per heavy atom. The average Bonchev–Trinajstić information content (AvgIpc) is 3.23. The van der Waals surface area contributed by atoms with Gasteiger partial charge >= 0.3 is 12.1 Å². The Morgan fingerprint density at radius 2 is 1.34 bits per heavy atom. The first kappa shape index (κ1) is 51.8. The molecule has 0 aromatic rings. The molecule has 21 atom stereocenters. The highest BCUT2D eigenvalue weighted by Gasteiger charge is 2.60. The third-order valence-corrected chi connectivity index (χ3v) is 10.5. The lowest BCUT2D eigenvalue weighted by atomic mass is 9.88. The van der Waals surface area contributed by atoms with Crippen molar-refractivity contribution in [3.05, 3.63) is 12.7 Å². The Bertz CT molecular complexity index is 1470. The Kier molecular flexibility index (Phi) is 19.1. The number of rotatable bonds is 19. The van der Waals surface area contributed by atoms with E-state index in [-0.39, 0.29) is 13.2 Å². The van der Waals surface area contributed by atoms with Crippen LogP contribution in [0.15, 0.2) is 12.7 Å². The molecule has 358 valence electrons. The van der Waals surface area contributed by atoms with Crippen LogP contribution in [0, 0.1) is 0 Å². The Balaban J connectivity index is 1.67. The van der Waals surface area contributed by atoms with Crippen molar-refractivity contribution in [2.75, 3.05) is 39.6 Å². The number of amides is 2. The van der Waals surface area contributed by atoms with Gasteiger partial charge in [-0.2, -0.15) is 0 Å². The highest BCUT2D eigenvalue weighted by Crippen LogP contribution is 2.39. The highest BCUT2D eigenvalue weighted by molar-refractivity contribution is 5.76. The number of carbonyl (C=O) groups is 3. The van der Waals surface area contributed by atoms with Crippen LogP contribution in [0.2, 0.25) is 0 Å². The second kappa shape index (κ2) is 22.9. The summed E-state index contributed by atoms with van der Waals surface area (Å²) in [7, 11) is 0. The van der Waals surface area contributed by atoms with Gasteiger partial charge in [-0.25, -0.2) is 9.59 Å². The van der Waals surface area contributed by atoms with Crippen LogP contribution in [0.5, 0.6) is 0 Å². The summed E-state index contributed by atoms with van der Waals surface area (Å²) in [6.07, 6.45) is -35.6. The van der Waals surface area contributed by atoms with Crippen LogP contribution in [-0.2, 0) is 52.2 Å². The van der Waals surface area contributed by atoms with Crippen molar-refractivity contribution in [3.63, 3.8) is 0 Å². The van der Waals surface area contributed by atoms with Crippen molar-refractivity contribution in [1.82, 2.24) is 10.6 Å². The van der Waals surface area contributed by atoms with Gasteiger partial charge in [0.05, 0.1) is 38.6 Å². The van der Waals surface area contributed by atoms with E-state index in [1.165, 1.54) is 6.08 Å². The van der Waals surface area contributed by atoms with Crippen molar-refractivity contribution in [1.29, 1.82) is 0 Å². The van der Waals surface area contributed by atoms with E-state index in [0.29, 0.717) is 0 Å². The van der Waals surface area contributed by atoms with Crippen molar-refractivity contribution >= 4 is 18.0 Å². The second-order valence-electron chi connectivity index (χ2n) is 14.8. The number of carboxylic acid groups (broad SMARTS) is 1. The quantitative estimate of drug-likeness (QED) is 0.0535. The van der Waals surface area contributed by atoms with Gasteiger partial charge in [-0.1, -0.05) is 12.7 Å². The molecule has 4 saturated heterocycles. The molecular weight excluding hydrogens is 848 g/mol. The molecule has 27 heteroatoms. The monoisotopic (exact) mass is 906 g/mol. The molecule has 0 unspecified atom stereocenters. The zero-order chi connectivity index (χ0) is 46.2. The first-order valence-corrected chi connectivity index (χ1v) is 19.5. The van der Waals surface area contributed by atoms with Gasteiger partial charge in [-0.3, -0.25) is 4.79 Å². The molecule has 15 N–H and O–H groups in total. The van der Waals surface area contributed by atoms with E-state index in [9.17, 15) is 80.8 Å². The Hall–Kier alpha value is -2.85. The minimum Gasteiger partial charge on any atom is -0.477 e. The van der Waals surface area contributed by atoms with E-state index in [1.807, 2.05) is 0 Å². The highest BCUT2D eigenvalue weighted by atomic mass is 16.8. The molecule has 0 aromatic heterocycles. The number of aliphatic carboxylic acids is 1. The van der Waals surface area contributed by atoms with Crippen LogP contribution in [0.25, 0.3) is 0 Å². The molecule has 62 heavy (non-hydrogen) atoms. The molecule has 4 heterocycles. The zero-order valence-corrected chi connectivity index (χ0v) is 33.5. The fraction of sp³-hybridized carbons (Fsp3) is 0.857. The number of aliphatic hydroxyl groups excluding tert-OH is 12. The van der Waals surface area contributed by atoms with Crippen LogP contribution < -0.4 is 10.6 Å². The van der Waals surface area contributed by atoms with Crippen molar-refractivity contribution in [2.45, 2.75) is 149 Å². The standard InChI is InChI=1S/C35H58N2O25/c1-4-6-55-34(53)37-19-23(48)26(17(11-41)58-30(19)60-28-21(46)15(9-39)56-31(24(28)49)54-5-2)59-32-25(50)29(22(47)16(10-40)57-32)62-35(33(51)52)7-13(43)18(36-12(3)42)27(61-35)20(45)14(44)8-38/h4,13-32,38-41,43-50H,1,5-11H2,2-3H3,(H,36,42)(H,37,53)(H,51,52)/t13-,14+,15+,16+,17+,18+,19+,20+,21-,22-,23+,24+,25+,26+,27+,28-,29-,30-,31+,32-,35-/m0/s1. The number of hydrogen-bond donors (Lipinski definition) is 15. The molecule has 0 bridgehead atoms. The van der Waals surface area contributed by atoms with Crippen LogP contribution in [0.3, 0.4) is 0 Å². The normalized spacial score (nSPS) is 42.3. The van der Waals surface area contributed by atoms with Crippen LogP contribution in [0.1, 0.15) is 20.3 Å². The molecule has 0 saturated carbocycles. The number of alkyl carbamates (subject to hydrolysis) is 1.